The molecule has 4 nitrogen and oxygen atoms in total. The molecule has 5 heteroatoms. The first kappa shape index (κ1) is 16.0. The molecular weight excluding hydrogens is 296 g/mol. The molecule has 0 N–H and O–H groups in total. The van der Waals surface area contributed by atoms with Crippen LogP contribution in [0, 0.1) is 6.92 Å². The first-order chi connectivity index (χ1) is 10.5. The molecule has 0 aromatic carbocycles. The van der Waals surface area contributed by atoms with Gasteiger partial charge in [-0.2, -0.15) is 0 Å². The zero-order valence-electron chi connectivity index (χ0n) is 13.7. The van der Waals surface area contributed by atoms with Crippen LogP contribution in [0.25, 0.3) is 0 Å². The van der Waals surface area contributed by atoms with Crippen molar-refractivity contribution in [3.8, 4) is 0 Å². The highest BCUT2D eigenvalue weighted by Crippen LogP contribution is 2.25. The molecule has 3 heterocycles. The van der Waals surface area contributed by atoms with E-state index in [2.05, 4.69) is 23.6 Å². The highest BCUT2D eigenvalue weighted by molar-refractivity contribution is 7.12. The van der Waals surface area contributed by atoms with Gasteiger partial charge in [0.15, 0.2) is 0 Å². The van der Waals surface area contributed by atoms with Crippen LogP contribution in [0.1, 0.15) is 41.9 Å². The van der Waals surface area contributed by atoms with Crippen LogP contribution in [0.4, 0.5) is 0 Å². The van der Waals surface area contributed by atoms with Crippen LogP contribution in [0.15, 0.2) is 11.4 Å². The molecule has 2 aliphatic rings. The Morgan fingerprint density at radius 1 is 1.36 bits per heavy atom. The molecule has 1 aromatic rings. The second kappa shape index (κ2) is 6.69. The molecule has 0 radical (unpaired) electrons. The fraction of sp³-hybridized carbons (Fsp3) is 0.706. The maximum absolute atomic E-state index is 12.8. The minimum absolute atomic E-state index is 0.226. The predicted molar refractivity (Wildman–Crippen MR) is 89.6 cm³/mol. The van der Waals surface area contributed by atoms with Gasteiger partial charge in [0.25, 0.3) is 5.91 Å². The van der Waals surface area contributed by atoms with Crippen molar-refractivity contribution < 1.29 is 9.53 Å². The monoisotopic (exact) mass is 322 g/mol. The van der Waals surface area contributed by atoms with Gasteiger partial charge in [-0.25, -0.2) is 0 Å². The molecule has 1 amide bonds. The third-order valence-corrected chi connectivity index (χ3v) is 5.66. The van der Waals surface area contributed by atoms with Gasteiger partial charge < -0.3 is 9.64 Å². The van der Waals surface area contributed by atoms with Gasteiger partial charge in [-0.1, -0.05) is 0 Å². The maximum atomic E-state index is 12.8. The van der Waals surface area contributed by atoms with Crippen LogP contribution in [-0.2, 0) is 4.74 Å². The molecule has 0 aliphatic carbocycles. The average Bonchev–Trinajstić information content (AvgIpc) is 3.06. The third kappa shape index (κ3) is 3.36. The average molecular weight is 322 g/mol. The van der Waals surface area contributed by atoms with Crippen molar-refractivity contribution in [2.24, 2.45) is 0 Å². The van der Waals surface area contributed by atoms with Gasteiger partial charge in [0, 0.05) is 32.2 Å². The van der Waals surface area contributed by atoms with Crippen molar-refractivity contribution in [2.45, 2.75) is 51.9 Å². The lowest BCUT2D eigenvalue weighted by molar-refractivity contribution is -0.0715. The molecule has 2 saturated heterocycles. The Bertz CT molecular complexity index is 520. The quantitative estimate of drug-likeness (QED) is 0.858. The molecule has 2 aliphatic heterocycles. The summed E-state index contributed by atoms with van der Waals surface area (Å²) in [6, 6.07) is 2.39. The lowest BCUT2D eigenvalue weighted by Crippen LogP contribution is -2.50. The molecular formula is C17H26N2O2S. The Labute approximate surface area is 137 Å². The topological polar surface area (TPSA) is 32.8 Å². The smallest absolute Gasteiger partial charge is 0.264 e. The summed E-state index contributed by atoms with van der Waals surface area (Å²) in [5, 5.41) is 2.01. The molecule has 3 rings (SSSR count). The van der Waals surface area contributed by atoms with Gasteiger partial charge >= 0.3 is 0 Å². The van der Waals surface area contributed by atoms with Gasteiger partial charge in [0.05, 0.1) is 17.1 Å². The van der Waals surface area contributed by atoms with Crippen molar-refractivity contribution in [3.63, 3.8) is 0 Å². The molecule has 0 unspecified atom stereocenters. The van der Waals surface area contributed by atoms with Crippen molar-refractivity contribution in [2.75, 3.05) is 26.2 Å². The van der Waals surface area contributed by atoms with E-state index >= 15 is 0 Å². The standard InChI is InChI=1S/C17H26N2O2S/c1-12-6-8-22-16(12)17(20)19-7-4-5-15(19)11-18-9-13(2)21-14(3)10-18/h6,8,13-15H,4-5,7,9-11H2,1-3H3/t13-,14+,15-/m1/s1. The van der Waals surface area contributed by atoms with E-state index in [1.165, 1.54) is 0 Å². The number of hydrogen-bond acceptors (Lipinski definition) is 4. The number of nitrogens with zero attached hydrogens (tertiary/aromatic N) is 2. The SMILES string of the molecule is Cc1ccsc1C(=O)N1CCC[C@@H]1CN1C[C@@H](C)O[C@@H](C)C1. The number of rotatable bonds is 3. The summed E-state index contributed by atoms with van der Waals surface area (Å²) in [4.78, 5) is 18.3. The Balaban J connectivity index is 1.66. The summed E-state index contributed by atoms with van der Waals surface area (Å²) in [6.07, 6.45) is 2.81. The van der Waals surface area contributed by atoms with Crippen molar-refractivity contribution in [3.05, 3.63) is 21.9 Å². The normalized spacial score (nSPS) is 30.0. The van der Waals surface area contributed by atoms with Crippen LogP contribution in [-0.4, -0.2) is 60.1 Å². The van der Waals surface area contributed by atoms with E-state index < -0.39 is 0 Å². The van der Waals surface area contributed by atoms with Gasteiger partial charge in [-0.15, -0.1) is 11.3 Å². The number of hydrogen-bond donors (Lipinski definition) is 0. The van der Waals surface area contributed by atoms with Crippen LogP contribution >= 0.6 is 11.3 Å². The van der Waals surface area contributed by atoms with Gasteiger partial charge in [-0.05, 0) is 50.6 Å². The Hall–Kier alpha value is -0.910. The van der Waals surface area contributed by atoms with Gasteiger partial charge in [0.2, 0.25) is 0 Å². The third-order valence-electron chi connectivity index (χ3n) is 4.66. The summed E-state index contributed by atoms with van der Waals surface area (Å²) in [5.74, 6) is 0.226. The zero-order valence-corrected chi connectivity index (χ0v) is 14.6. The summed E-state index contributed by atoms with van der Waals surface area (Å²) < 4.78 is 5.81. The van der Waals surface area contributed by atoms with E-state index in [0.29, 0.717) is 6.04 Å². The summed E-state index contributed by atoms with van der Waals surface area (Å²) in [6.45, 7) is 10.1. The van der Waals surface area contributed by atoms with E-state index in [1.807, 2.05) is 18.4 Å². The van der Waals surface area contributed by atoms with Gasteiger partial charge in [0.1, 0.15) is 0 Å². The van der Waals surface area contributed by atoms with Crippen molar-refractivity contribution >= 4 is 17.2 Å². The Morgan fingerprint density at radius 2 is 2.09 bits per heavy atom. The second-order valence-electron chi connectivity index (χ2n) is 6.70. The lowest BCUT2D eigenvalue weighted by Gasteiger charge is -2.38. The number of thiophene rings is 1. The van der Waals surface area contributed by atoms with Crippen molar-refractivity contribution in [1.82, 2.24) is 9.80 Å². The Morgan fingerprint density at radius 3 is 2.73 bits per heavy atom. The number of carbonyl (C=O) groups excluding carboxylic acids is 1. The first-order valence-corrected chi connectivity index (χ1v) is 9.15. The van der Waals surface area contributed by atoms with Crippen LogP contribution in [0.2, 0.25) is 0 Å². The number of morpholine rings is 1. The lowest BCUT2D eigenvalue weighted by atomic mass is 10.1. The van der Waals surface area contributed by atoms with E-state index in [0.717, 1.165) is 49.5 Å². The van der Waals surface area contributed by atoms with Crippen molar-refractivity contribution in [1.29, 1.82) is 0 Å². The largest absolute Gasteiger partial charge is 0.373 e. The summed E-state index contributed by atoms with van der Waals surface area (Å²) in [5.41, 5.74) is 1.11. The minimum Gasteiger partial charge on any atom is -0.373 e. The number of aryl methyl sites for hydroxylation is 1. The molecule has 2 fully saturated rings. The van der Waals surface area contributed by atoms with Gasteiger partial charge in [-0.3, -0.25) is 9.69 Å². The van der Waals surface area contributed by atoms with E-state index in [1.54, 1.807) is 11.3 Å². The highest BCUT2D eigenvalue weighted by atomic mass is 32.1. The highest BCUT2D eigenvalue weighted by Gasteiger charge is 2.33. The zero-order chi connectivity index (χ0) is 15.7. The molecule has 0 bridgehead atoms. The fourth-order valence-corrected chi connectivity index (χ4v) is 4.63. The molecule has 22 heavy (non-hydrogen) atoms. The van der Waals surface area contributed by atoms with Crippen LogP contribution in [0.3, 0.4) is 0 Å². The number of amides is 1. The number of ether oxygens (including phenoxy) is 1. The maximum Gasteiger partial charge on any atom is 0.264 e. The van der Waals surface area contributed by atoms with Crippen LogP contribution < -0.4 is 0 Å². The molecule has 1 aromatic heterocycles. The number of carbonyl (C=O) groups is 1. The second-order valence-corrected chi connectivity index (χ2v) is 7.62. The summed E-state index contributed by atoms with van der Waals surface area (Å²) in [7, 11) is 0. The minimum atomic E-state index is 0.226. The van der Waals surface area contributed by atoms with E-state index in [9.17, 15) is 4.79 Å². The van der Waals surface area contributed by atoms with E-state index in [4.69, 9.17) is 4.74 Å². The molecule has 0 saturated carbocycles. The van der Waals surface area contributed by atoms with Crippen LogP contribution in [0.5, 0.6) is 0 Å². The molecule has 122 valence electrons. The Kier molecular flexibility index (Phi) is 4.85. The summed E-state index contributed by atoms with van der Waals surface area (Å²) >= 11 is 1.57. The van der Waals surface area contributed by atoms with E-state index in [-0.39, 0.29) is 18.1 Å². The molecule has 3 atom stereocenters. The number of likely N-dealkylation sites (tertiary alicyclic amines) is 1. The fourth-order valence-electron chi connectivity index (χ4n) is 3.75. The predicted octanol–water partition coefficient (Wildman–Crippen LogP) is 2.77. The molecule has 0 spiro atoms. The first-order valence-electron chi connectivity index (χ1n) is 8.27.